The Morgan fingerprint density at radius 3 is 1.93 bits per heavy atom. The monoisotopic (exact) mass is 521 g/mol. The van der Waals surface area contributed by atoms with Crippen molar-refractivity contribution < 1.29 is 0 Å². The van der Waals surface area contributed by atoms with Crippen LogP contribution in [0.3, 0.4) is 0 Å². The van der Waals surface area contributed by atoms with Gasteiger partial charge in [-0.2, -0.15) is 5.26 Å². The van der Waals surface area contributed by atoms with Crippen LogP contribution in [0, 0.1) is 11.3 Å². The van der Waals surface area contributed by atoms with E-state index in [-0.39, 0.29) is 0 Å². The third-order valence-corrected chi connectivity index (χ3v) is 14.0. The van der Waals surface area contributed by atoms with Crippen LogP contribution in [0.25, 0.3) is 0 Å². The Bertz CT molecular complexity index is 605. The minimum Gasteiger partial charge on any atom is -0.198 e. The molecule has 0 spiro atoms. The van der Waals surface area contributed by atoms with Crippen molar-refractivity contribution in [2.45, 2.75) is 71.6 Å². The zero-order valence-electron chi connectivity index (χ0n) is 17.4. The lowest BCUT2D eigenvalue weighted by atomic mass is 10.2. The van der Waals surface area contributed by atoms with Crippen LogP contribution in [0.1, 0.15) is 71.6 Å². The van der Waals surface area contributed by atoms with E-state index in [0.717, 1.165) is 5.75 Å². The molecule has 0 aromatic rings. The van der Waals surface area contributed by atoms with E-state index in [2.05, 4.69) is 48.8 Å². The van der Waals surface area contributed by atoms with Gasteiger partial charge in [-0.1, -0.05) is 99.4 Å². The van der Waals surface area contributed by atoms with Crippen molar-refractivity contribution in [3.05, 3.63) is 26.6 Å². The Balaban J connectivity index is 1.87. The summed E-state index contributed by atoms with van der Waals surface area (Å²) in [4.78, 5) is 0. The first kappa shape index (κ1) is 26.4. The number of hydrogen-bond donors (Lipinski definition) is 0. The van der Waals surface area contributed by atoms with Crippen molar-refractivity contribution in [1.82, 2.24) is 0 Å². The van der Waals surface area contributed by atoms with Crippen LogP contribution >= 0.6 is 82.3 Å². The molecule has 0 aliphatic carbocycles. The maximum Gasteiger partial charge on any atom is 0.0717 e. The van der Waals surface area contributed by atoms with E-state index in [0.29, 0.717) is 6.42 Å². The van der Waals surface area contributed by atoms with E-state index in [1.165, 1.54) is 75.6 Å². The van der Waals surface area contributed by atoms with E-state index in [1.54, 1.807) is 8.47 Å². The average Bonchev–Trinajstić information content (AvgIpc) is 3.35. The molecule has 1 nitrogen and oxygen atoms in total. The van der Waals surface area contributed by atoms with Crippen molar-refractivity contribution in [2.24, 2.45) is 0 Å². The number of thioether (sulfide) groups is 7. The Morgan fingerprint density at radius 1 is 0.759 bits per heavy atom. The number of nitrogens with zero attached hydrogens (tertiary/aromatic N) is 1. The van der Waals surface area contributed by atoms with Crippen LogP contribution < -0.4 is 0 Å². The van der Waals surface area contributed by atoms with E-state index in [4.69, 9.17) is 5.26 Å². The summed E-state index contributed by atoms with van der Waals surface area (Å²) in [6.07, 6.45) is 11.4. The van der Waals surface area contributed by atoms with Crippen molar-refractivity contribution in [3.63, 3.8) is 0 Å². The van der Waals surface area contributed by atoms with Gasteiger partial charge in [-0.05, 0) is 29.8 Å². The lowest BCUT2D eigenvalue weighted by Gasteiger charge is -2.05. The number of hydrogen-bond acceptors (Lipinski definition) is 8. The molecule has 2 heterocycles. The molecule has 162 valence electrons. The van der Waals surface area contributed by atoms with Crippen molar-refractivity contribution in [3.8, 4) is 6.07 Å². The Morgan fingerprint density at radius 2 is 1.38 bits per heavy atom. The zero-order valence-corrected chi connectivity index (χ0v) is 23.1. The highest BCUT2D eigenvalue weighted by Crippen LogP contribution is 2.63. The van der Waals surface area contributed by atoms with Gasteiger partial charge >= 0.3 is 0 Å². The normalized spacial score (nSPS) is 16.7. The SMILES string of the molecule is CCCCCCSC1=C(SCCCCCC)SC(=C2SC=C(SCCC#N)S2)S1. The molecule has 0 radical (unpaired) electrons. The molecule has 2 aliphatic rings. The zero-order chi connectivity index (χ0) is 20.7. The highest BCUT2D eigenvalue weighted by atomic mass is 32.3. The van der Waals surface area contributed by atoms with Crippen LogP contribution in [0.4, 0.5) is 0 Å². The third kappa shape index (κ3) is 10.5. The summed E-state index contributed by atoms with van der Waals surface area (Å²) in [5.41, 5.74) is 0. The van der Waals surface area contributed by atoms with Gasteiger partial charge in [0.25, 0.3) is 0 Å². The first-order valence-corrected chi connectivity index (χ1v) is 16.7. The van der Waals surface area contributed by atoms with E-state index >= 15 is 0 Å². The van der Waals surface area contributed by atoms with Gasteiger partial charge in [-0.15, -0.1) is 35.3 Å². The summed E-state index contributed by atoms with van der Waals surface area (Å²) in [6, 6.07) is 2.24. The van der Waals surface area contributed by atoms with Crippen molar-refractivity contribution >= 4 is 82.3 Å². The minimum atomic E-state index is 0.627. The summed E-state index contributed by atoms with van der Waals surface area (Å²) in [6.45, 7) is 4.56. The summed E-state index contributed by atoms with van der Waals surface area (Å²) >= 11 is 13.8. The molecule has 0 aromatic heterocycles. The quantitative estimate of drug-likeness (QED) is 0.196. The van der Waals surface area contributed by atoms with Gasteiger partial charge in [0, 0.05) is 12.2 Å². The molecule has 0 N–H and O–H groups in total. The third-order valence-electron chi connectivity index (χ3n) is 4.08. The molecular weight excluding hydrogens is 491 g/mol. The van der Waals surface area contributed by atoms with Gasteiger partial charge in [0.15, 0.2) is 0 Å². The summed E-state index contributed by atoms with van der Waals surface area (Å²) in [5.74, 6) is 3.40. The fourth-order valence-electron chi connectivity index (χ4n) is 2.51. The summed E-state index contributed by atoms with van der Waals surface area (Å²) < 4.78 is 7.34. The van der Waals surface area contributed by atoms with Gasteiger partial charge in [-0.3, -0.25) is 0 Å². The van der Waals surface area contributed by atoms with Crippen molar-refractivity contribution in [2.75, 3.05) is 17.3 Å². The number of nitriles is 1. The van der Waals surface area contributed by atoms with Crippen molar-refractivity contribution in [1.29, 1.82) is 5.26 Å². The molecule has 2 rings (SSSR count). The minimum absolute atomic E-state index is 0.627. The Kier molecular flexibility index (Phi) is 15.3. The predicted octanol–water partition coefficient (Wildman–Crippen LogP) is 10.3. The molecule has 0 unspecified atom stereocenters. The van der Waals surface area contributed by atoms with Gasteiger partial charge in [0.1, 0.15) is 0 Å². The van der Waals surface area contributed by atoms with Crippen LogP contribution in [0.5, 0.6) is 0 Å². The molecule has 0 aromatic carbocycles. The highest BCUT2D eigenvalue weighted by molar-refractivity contribution is 8.43. The fraction of sp³-hybridized carbons (Fsp3) is 0.667. The maximum absolute atomic E-state index is 8.74. The molecule has 0 saturated heterocycles. The topological polar surface area (TPSA) is 23.8 Å². The van der Waals surface area contributed by atoms with Gasteiger partial charge in [0.05, 0.1) is 27.3 Å². The predicted molar refractivity (Wildman–Crippen MR) is 148 cm³/mol. The number of unbranched alkanes of at least 4 members (excludes halogenated alkanes) is 6. The highest BCUT2D eigenvalue weighted by Gasteiger charge is 2.27. The molecule has 2 aliphatic heterocycles. The van der Waals surface area contributed by atoms with Crippen LogP contribution in [0.15, 0.2) is 26.6 Å². The molecule has 0 saturated carbocycles. The molecule has 29 heavy (non-hydrogen) atoms. The lowest BCUT2D eigenvalue weighted by molar-refractivity contribution is 0.707. The van der Waals surface area contributed by atoms with E-state index in [1.807, 2.05) is 58.8 Å². The fourth-order valence-corrected chi connectivity index (χ4v) is 12.4. The van der Waals surface area contributed by atoms with E-state index < -0.39 is 0 Å². The first-order chi connectivity index (χ1) is 14.3. The Hall–Kier alpha value is 1.16. The van der Waals surface area contributed by atoms with Gasteiger partial charge in [-0.25, -0.2) is 0 Å². The molecular formula is C21H31NS7. The van der Waals surface area contributed by atoms with E-state index in [9.17, 15) is 0 Å². The largest absolute Gasteiger partial charge is 0.198 e. The van der Waals surface area contributed by atoms with Crippen LogP contribution in [-0.4, -0.2) is 17.3 Å². The van der Waals surface area contributed by atoms with Crippen LogP contribution in [-0.2, 0) is 0 Å². The average molecular weight is 522 g/mol. The lowest BCUT2D eigenvalue weighted by Crippen LogP contribution is -1.83. The standard InChI is InChI=1S/C21H31NS7/c1-3-5-7-9-13-24-18-19(25-14-10-8-6-4-2)29-21(28-18)20-26-16-17(27-20)23-15-11-12-22/h16H,3-11,13-15H2,1-2H3. The molecule has 0 amide bonds. The summed E-state index contributed by atoms with van der Waals surface area (Å²) in [7, 11) is 0. The molecule has 0 bridgehead atoms. The van der Waals surface area contributed by atoms with Gasteiger partial charge in [0.2, 0.25) is 0 Å². The maximum atomic E-state index is 8.74. The molecule has 0 atom stereocenters. The van der Waals surface area contributed by atoms with Crippen LogP contribution in [0.2, 0.25) is 0 Å². The molecule has 0 fully saturated rings. The van der Waals surface area contributed by atoms with Gasteiger partial charge < -0.3 is 0 Å². The summed E-state index contributed by atoms with van der Waals surface area (Å²) in [5, 5.41) is 11.0. The smallest absolute Gasteiger partial charge is 0.0717 e. The second kappa shape index (κ2) is 16.7. The second-order valence-corrected chi connectivity index (χ2v) is 15.2. The number of rotatable bonds is 15. The Labute approximate surface area is 207 Å². The first-order valence-electron chi connectivity index (χ1n) is 10.4. The molecule has 8 heteroatoms. The second-order valence-electron chi connectivity index (χ2n) is 6.59.